The molecule has 1 aromatic heterocycles. The molecule has 0 fully saturated rings. The van der Waals surface area contributed by atoms with Gasteiger partial charge in [0.2, 0.25) is 0 Å². The highest BCUT2D eigenvalue weighted by atomic mass is 35.5. The fourth-order valence-electron chi connectivity index (χ4n) is 1.89. The minimum absolute atomic E-state index is 0.0304. The largest absolute Gasteiger partial charge is 0.375 e. The highest BCUT2D eigenvalue weighted by Crippen LogP contribution is 2.34. The third kappa shape index (κ3) is 3.22. The smallest absolute Gasteiger partial charge is 0.306 e. The molecule has 1 aromatic carbocycles. The normalized spacial score (nSPS) is 11.4. The van der Waals surface area contributed by atoms with Gasteiger partial charge >= 0.3 is 4.87 Å². The molecule has 21 heavy (non-hydrogen) atoms. The van der Waals surface area contributed by atoms with E-state index in [0.29, 0.717) is 33.4 Å². The van der Waals surface area contributed by atoms with Crippen LogP contribution in [0.2, 0.25) is 5.02 Å². The Morgan fingerprint density at radius 2 is 2.00 bits per heavy atom. The van der Waals surface area contributed by atoms with Crippen molar-refractivity contribution in [2.24, 2.45) is 0 Å². The Balaban J connectivity index is 2.49. The summed E-state index contributed by atoms with van der Waals surface area (Å²) in [4.78, 5) is 15.0. The molecule has 0 amide bonds. The van der Waals surface area contributed by atoms with Gasteiger partial charge in [0.05, 0.1) is 16.4 Å². The maximum atomic E-state index is 12.4. The number of anilines is 2. The first-order valence-electron chi connectivity index (χ1n) is 5.90. The molecule has 0 saturated carbocycles. The number of thiazole rings is 1. The van der Waals surface area contributed by atoms with Crippen molar-refractivity contribution in [3.63, 3.8) is 0 Å². The molecule has 2 N–H and O–H groups in total. The summed E-state index contributed by atoms with van der Waals surface area (Å²) < 4.78 is 27.2. The van der Waals surface area contributed by atoms with Gasteiger partial charge in [0, 0.05) is 19.8 Å². The summed E-state index contributed by atoms with van der Waals surface area (Å²) >= 11 is 6.76. The quantitative estimate of drug-likeness (QED) is 0.888. The molecule has 2 aromatic rings. The lowest BCUT2D eigenvalue weighted by Crippen LogP contribution is -2.17. The molecule has 0 aliphatic rings. The summed E-state index contributed by atoms with van der Waals surface area (Å²) in [5, 5.41) is 0.430. The fourth-order valence-corrected chi connectivity index (χ4v) is 4.60. The minimum atomic E-state index is -3.84. The SMILES string of the molecule is Cc1[nH]c(=O)sc1S(=O)(=O)Nc1cccc(Cl)c1N(C)C. The van der Waals surface area contributed by atoms with Gasteiger partial charge in [-0.15, -0.1) is 0 Å². The summed E-state index contributed by atoms with van der Waals surface area (Å²) in [5.41, 5.74) is 1.22. The highest BCUT2D eigenvalue weighted by Gasteiger charge is 2.22. The summed E-state index contributed by atoms with van der Waals surface area (Å²) in [6.45, 7) is 1.54. The number of aromatic nitrogens is 1. The molecule has 9 heteroatoms. The standard InChI is InChI=1S/C12H14ClN3O3S2/c1-7-11(20-12(17)14-7)21(18,19)15-9-6-4-5-8(13)10(9)16(2)3/h4-6,15H,1-3H3,(H,14,17). The molecular formula is C12H14ClN3O3S2. The van der Waals surface area contributed by atoms with Gasteiger partial charge in [0.1, 0.15) is 0 Å². The van der Waals surface area contributed by atoms with E-state index in [1.165, 1.54) is 6.92 Å². The number of aryl methyl sites for hydroxylation is 1. The van der Waals surface area contributed by atoms with Crippen LogP contribution in [0.15, 0.2) is 27.2 Å². The topological polar surface area (TPSA) is 82.3 Å². The molecule has 0 aliphatic carbocycles. The lowest BCUT2D eigenvalue weighted by molar-refractivity contribution is 0.602. The van der Waals surface area contributed by atoms with E-state index >= 15 is 0 Å². The predicted molar refractivity (Wildman–Crippen MR) is 86.3 cm³/mol. The average molecular weight is 348 g/mol. The average Bonchev–Trinajstić information content (AvgIpc) is 2.68. The van der Waals surface area contributed by atoms with Gasteiger partial charge in [0.15, 0.2) is 4.21 Å². The van der Waals surface area contributed by atoms with Crippen molar-refractivity contribution in [3.8, 4) is 0 Å². The van der Waals surface area contributed by atoms with Crippen molar-refractivity contribution in [2.75, 3.05) is 23.7 Å². The van der Waals surface area contributed by atoms with Gasteiger partial charge in [-0.2, -0.15) is 0 Å². The van der Waals surface area contributed by atoms with Crippen molar-refractivity contribution >= 4 is 44.3 Å². The van der Waals surface area contributed by atoms with Crippen LogP contribution in [0.4, 0.5) is 11.4 Å². The fraction of sp³-hybridized carbons (Fsp3) is 0.250. The lowest BCUT2D eigenvalue weighted by atomic mass is 10.2. The zero-order valence-electron chi connectivity index (χ0n) is 11.6. The van der Waals surface area contributed by atoms with E-state index in [4.69, 9.17) is 11.6 Å². The first-order chi connectivity index (χ1) is 9.72. The molecule has 0 radical (unpaired) electrons. The molecule has 6 nitrogen and oxygen atoms in total. The number of hydrogen-bond donors (Lipinski definition) is 2. The van der Waals surface area contributed by atoms with Gasteiger partial charge in [-0.05, 0) is 19.1 Å². The zero-order chi connectivity index (χ0) is 15.8. The Kier molecular flexibility index (Phi) is 4.31. The van der Waals surface area contributed by atoms with Gasteiger partial charge < -0.3 is 9.88 Å². The van der Waals surface area contributed by atoms with Gasteiger partial charge in [0.25, 0.3) is 10.0 Å². The molecule has 0 saturated heterocycles. The molecule has 1 heterocycles. The minimum Gasteiger partial charge on any atom is -0.375 e. The van der Waals surface area contributed by atoms with Crippen LogP contribution in [0.3, 0.4) is 0 Å². The van der Waals surface area contributed by atoms with Crippen molar-refractivity contribution in [1.82, 2.24) is 4.98 Å². The van der Waals surface area contributed by atoms with Crippen LogP contribution in [-0.2, 0) is 10.0 Å². The van der Waals surface area contributed by atoms with E-state index < -0.39 is 14.9 Å². The van der Waals surface area contributed by atoms with Crippen LogP contribution in [0.25, 0.3) is 0 Å². The van der Waals surface area contributed by atoms with E-state index in [-0.39, 0.29) is 4.21 Å². The van der Waals surface area contributed by atoms with Crippen LogP contribution in [0, 0.1) is 6.92 Å². The number of H-pyrrole nitrogens is 1. The van der Waals surface area contributed by atoms with E-state index in [9.17, 15) is 13.2 Å². The number of aromatic amines is 1. The Morgan fingerprint density at radius 1 is 1.33 bits per heavy atom. The third-order valence-electron chi connectivity index (χ3n) is 2.70. The summed E-state index contributed by atoms with van der Waals surface area (Å²) in [6.07, 6.45) is 0. The number of para-hydroxylation sites is 1. The second-order valence-corrected chi connectivity index (χ2v) is 7.83. The van der Waals surface area contributed by atoms with Crippen LogP contribution in [-0.4, -0.2) is 27.5 Å². The first-order valence-corrected chi connectivity index (χ1v) is 8.58. The molecule has 114 valence electrons. The monoisotopic (exact) mass is 347 g/mol. The Labute approximate surface area is 131 Å². The molecule has 0 bridgehead atoms. The zero-order valence-corrected chi connectivity index (χ0v) is 14.0. The third-order valence-corrected chi connectivity index (χ3v) is 5.98. The molecule has 0 atom stereocenters. The number of sulfonamides is 1. The maximum Gasteiger partial charge on any atom is 0.306 e. The number of nitrogens with zero attached hydrogens (tertiary/aromatic N) is 1. The molecular weight excluding hydrogens is 334 g/mol. The van der Waals surface area contributed by atoms with E-state index in [0.717, 1.165) is 0 Å². The van der Waals surface area contributed by atoms with Crippen molar-refractivity contribution in [2.45, 2.75) is 11.1 Å². The molecule has 0 aliphatic heterocycles. The van der Waals surface area contributed by atoms with Crippen LogP contribution >= 0.6 is 22.9 Å². The Bertz CT molecular complexity index is 825. The predicted octanol–water partition coefficient (Wildman–Crippen LogP) is 2.27. The first kappa shape index (κ1) is 15.9. The molecule has 2 rings (SSSR count). The van der Waals surface area contributed by atoms with Crippen LogP contribution < -0.4 is 14.5 Å². The summed E-state index contributed by atoms with van der Waals surface area (Å²) in [5.74, 6) is 0. The van der Waals surface area contributed by atoms with Gasteiger partial charge in [-0.1, -0.05) is 29.0 Å². The lowest BCUT2D eigenvalue weighted by Gasteiger charge is -2.19. The number of rotatable bonds is 4. The number of benzene rings is 1. The summed E-state index contributed by atoms with van der Waals surface area (Å²) in [7, 11) is -0.318. The summed E-state index contributed by atoms with van der Waals surface area (Å²) in [6, 6.07) is 4.94. The van der Waals surface area contributed by atoms with Gasteiger partial charge in [-0.25, -0.2) is 8.42 Å². The Morgan fingerprint density at radius 3 is 2.52 bits per heavy atom. The second kappa shape index (κ2) is 5.70. The second-order valence-electron chi connectivity index (χ2n) is 4.56. The molecule has 0 spiro atoms. The molecule has 0 unspecified atom stereocenters. The van der Waals surface area contributed by atoms with Crippen molar-refractivity contribution in [1.29, 1.82) is 0 Å². The number of hydrogen-bond acceptors (Lipinski definition) is 5. The Hall–Kier alpha value is -1.51. The van der Waals surface area contributed by atoms with E-state index in [2.05, 4.69) is 9.71 Å². The van der Waals surface area contributed by atoms with Crippen LogP contribution in [0.1, 0.15) is 5.69 Å². The number of nitrogens with one attached hydrogen (secondary N) is 2. The van der Waals surface area contributed by atoms with Gasteiger partial charge in [-0.3, -0.25) is 9.52 Å². The van der Waals surface area contributed by atoms with Crippen LogP contribution in [0.5, 0.6) is 0 Å². The van der Waals surface area contributed by atoms with Crippen molar-refractivity contribution in [3.05, 3.63) is 38.6 Å². The number of halogens is 1. The highest BCUT2D eigenvalue weighted by molar-refractivity contribution is 7.94. The maximum absolute atomic E-state index is 12.4. The van der Waals surface area contributed by atoms with E-state index in [1.807, 2.05) is 0 Å². The van der Waals surface area contributed by atoms with Crippen molar-refractivity contribution < 1.29 is 8.42 Å². The van der Waals surface area contributed by atoms with E-state index in [1.54, 1.807) is 37.2 Å².